The maximum absolute atomic E-state index is 12.2. The molecule has 0 saturated heterocycles. The van der Waals surface area contributed by atoms with Crippen LogP contribution in [0.3, 0.4) is 0 Å². The van der Waals surface area contributed by atoms with E-state index in [1.165, 1.54) is 6.07 Å². The molecular formula is C13H15NO4. The van der Waals surface area contributed by atoms with Gasteiger partial charge in [0.25, 0.3) is 5.91 Å². The Morgan fingerprint density at radius 3 is 2.50 bits per heavy atom. The summed E-state index contributed by atoms with van der Waals surface area (Å²) in [6, 6.07) is 6.44. The van der Waals surface area contributed by atoms with Crippen molar-refractivity contribution in [3.8, 4) is 5.75 Å². The lowest BCUT2D eigenvalue weighted by Crippen LogP contribution is -2.35. The molecule has 1 fully saturated rings. The highest BCUT2D eigenvalue weighted by molar-refractivity contribution is 5.97. The molecule has 1 aromatic carbocycles. The molecule has 0 bridgehead atoms. The summed E-state index contributed by atoms with van der Waals surface area (Å²) in [6.07, 6.45) is 1.73. The second-order valence-corrected chi connectivity index (χ2v) is 4.39. The molecule has 0 spiro atoms. The summed E-state index contributed by atoms with van der Waals surface area (Å²) in [5.41, 5.74) is 0.231. The number of amides is 1. The average Bonchev–Trinajstić information content (AvgIpc) is 3.13. The van der Waals surface area contributed by atoms with Crippen LogP contribution in [0.15, 0.2) is 24.3 Å². The van der Waals surface area contributed by atoms with E-state index in [1.54, 1.807) is 23.1 Å². The molecule has 1 aromatic rings. The first kappa shape index (κ1) is 12.4. The summed E-state index contributed by atoms with van der Waals surface area (Å²) in [7, 11) is 0. The quantitative estimate of drug-likeness (QED) is 0.828. The van der Waals surface area contributed by atoms with Crippen molar-refractivity contribution in [2.24, 2.45) is 0 Å². The second-order valence-electron chi connectivity index (χ2n) is 4.39. The van der Waals surface area contributed by atoms with E-state index in [0.29, 0.717) is 0 Å². The monoisotopic (exact) mass is 249 g/mol. The minimum absolute atomic E-state index is 0.0662. The maximum Gasteiger partial charge on any atom is 0.305 e. The van der Waals surface area contributed by atoms with E-state index in [2.05, 4.69) is 0 Å². The van der Waals surface area contributed by atoms with Gasteiger partial charge in [0.05, 0.1) is 12.0 Å². The molecule has 2 N–H and O–H groups in total. The normalized spacial score (nSPS) is 14.2. The van der Waals surface area contributed by atoms with E-state index < -0.39 is 5.97 Å². The van der Waals surface area contributed by atoms with Gasteiger partial charge in [-0.25, -0.2) is 0 Å². The number of carbonyl (C=O) groups is 2. The number of phenols is 1. The highest BCUT2D eigenvalue weighted by Gasteiger charge is 2.33. The zero-order valence-corrected chi connectivity index (χ0v) is 9.87. The predicted molar refractivity (Wildman–Crippen MR) is 64.4 cm³/mol. The molecular weight excluding hydrogens is 234 g/mol. The lowest BCUT2D eigenvalue weighted by Gasteiger charge is -2.22. The van der Waals surface area contributed by atoms with Crippen LogP contribution in [0.5, 0.6) is 5.75 Å². The summed E-state index contributed by atoms with van der Waals surface area (Å²) in [5.74, 6) is -1.29. The third-order valence-corrected chi connectivity index (χ3v) is 2.95. The van der Waals surface area contributed by atoms with Crippen LogP contribution in [0.2, 0.25) is 0 Å². The van der Waals surface area contributed by atoms with Crippen LogP contribution in [-0.2, 0) is 4.79 Å². The van der Waals surface area contributed by atoms with Gasteiger partial charge in [-0.05, 0) is 25.0 Å². The largest absolute Gasteiger partial charge is 0.507 e. The Morgan fingerprint density at radius 2 is 1.94 bits per heavy atom. The molecule has 1 aliphatic rings. The molecule has 0 heterocycles. The predicted octanol–water partition coefficient (Wildman–Crippen LogP) is 1.47. The molecule has 0 aromatic heterocycles. The molecule has 1 aliphatic carbocycles. The third kappa shape index (κ3) is 2.80. The standard InChI is InChI=1S/C13H15NO4/c15-11-4-2-1-3-10(11)13(18)14(9-5-6-9)8-7-12(16)17/h1-4,9,15H,5-8H2,(H,16,17). The summed E-state index contributed by atoms with van der Waals surface area (Å²) in [6.45, 7) is 0.188. The molecule has 0 unspecified atom stereocenters. The molecule has 2 rings (SSSR count). The number of benzene rings is 1. The Bertz CT molecular complexity index is 468. The van der Waals surface area contributed by atoms with Crippen molar-refractivity contribution in [1.82, 2.24) is 4.90 Å². The van der Waals surface area contributed by atoms with E-state index >= 15 is 0 Å². The van der Waals surface area contributed by atoms with E-state index in [-0.39, 0.29) is 36.2 Å². The van der Waals surface area contributed by atoms with Crippen LogP contribution in [-0.4, -0.2) is 39.6 Å². The van der Waals surface area contributed by atoms with Crippen molar-refractivity contribution in [3.63, 3.8) is 0 Å². The van der Waals surface area contributed by atoms with Crippen LogP contribution in [0.4, 0.5) is 0 Å². The number of phenolic OH excluding ortho intramolecular Hbond substituents is 1. The fourth-order valence-corrected chi connectivity index (χ4v) is 1.86. The van der Waals surface area contributed by atoms with Crippen LogP contribution in [0.25, 0.3) is 0 Å². The smallest absolute Gasteiger partial charge is 0.305 e. The van der Waals surface area contributed by atoms with Gasteiger partial charge < -0.3 is 15.1 Å². The maximum atomic E-state index is 12.2. The van der Waals surface area contributed by atoms with E-state index in [4.69, 9.17) is 5.11 Å². The van der Waals surface area contributed by atoms with Crippen molar-refractivity contribution in [2.75, 3.05) is 6.54 Å². The number of para-hydroxylation sites is 1. The van der Waals surface area contributed by atoms with Gasteiger partial charge in [0.2, 0.25) is 0 Å². The first-order valence-corrected chi connectivity index (χ1v) is 5.90. The number of carbonyl (C=O) groups excluding carboxylic acids is 1. The van der Waals surface area contributed by atoms with Crippen LogP contribution in [0.1, 0.15) is 29.6 Å². The van der Waals surface area contributed by atoms with E-state index in [0.717, 1.165) is 12.8 Å². The summed E-state index contributed by atoms with van der Waals surface area (Å²) < 4.78 is 0. The summed E-state index contributed by atoms with van der Waals surface area (Å²) in [4.78, 5) is 24.4. The van der Waals surface area contributed by atoms with Crippen molar-refractivity contribution >= 4 is 11.9 Å². The molecule has 1 amide bonds. The number of hydrogen-bond acceptors (Lipinski definition) is 3. The number of aromatic hydroxyl groups is 1. The van der Waals surface area contributed by atoms with Gasteiger partial charge in [-0.1, -0.05) is 12.1 Å². The highest BCUT2D eigenvalue weighted by Crippen LogP contribution is 2.30. The SMILES string of the molecule is O=C(O)CCN(C(=O)c1ccccc1O)C1CC1. The zero-order chi connectivity index (χ0) is 13.1. The molecule has 0 aliphatic heterocycles. The second kappa shape index (κ2) is 5.08. The number of rotatable bonds is 5. The van der Waals surface area contributed by atoms with Gasteiger partial charge in [-0.3, -0.25) is 9.59 Å². The first-order chi connectivity index (χ1) is 8.59. The molecule has 96 valence electrons. The molecule has 5 heteroatoms. The Labute approximate surface area is 105 Å². The molecule has 1 saturated carbocycles. The number of aliphatic carboxylic acids is 1. The van der Waals surface area contributed by atoms with Crippen LogP contribution >= 0.6 is 0 Å². The lowest BCUT2D eigenvalue weighted by atomic mass is 10.1. The molecule has 0 atom stereocenters. The summed E-state index contributed by atoms with van der Waals surface area (Å²) >= 11 is 0. The average molecular weight is 249 g/mol. The molecule has 5 nitrogen and oxygen atoms in total. The van der Waals surface area contributed by atoms with Gasteiger partial charge in [0.15, 0.2) is 0 Å². The van der Waals surface area contributed by atoms with Crippen molar-refractivity contribution < 1.29 is 19.8 Å². The zero-order valence-electron chi connectivity index (χ0n) is 9.87. The number of hydrogen-bond donors (Lipinski definition) is 2. The fraction of sp³-hybridized carbons (Fsp3) is 0.385. The van der Waals surface area contributed by atoms with Crippen molar-refractivity contribution in [1.29, 1.82) is 0 Å². The Kier molecular flexibility index (Phi) is 3.50. The van der Waals surface area contributed by atoms with Gasteiger partial charge >= 0.3 is 5.97 Å². The number of carboxylic acids is 1. The van der Waals surface area contributed by atoms with Gasteiger partial charge in [-0.2, -0.15) is 0 Å². The lowest BCUT2D eigenvalue weighted by molar-refractivity contribution is -0.137. The third-order valence-electron chi connectivity index (χ3n) is 2.95. The minimum atomic E-state index is -0.925. The van der Waals surface area contributed by atoms with Gasteiger partial charge in [0.1, 0.15) is 5.75 Å². The Hall–Kier alpha value is -2.04. The minimum Gasteiger partial charge on any atom is -0.507 e. The Balaban J connectivity index is 2.13. The van der Waals surface area contributed by atoms with E-state index in [9.17, 15) is 14.7 Å². The summed E-state index contributed by atoms with van der Waals surface area (Å²) in [5, 5.41) is 18.3. The van der Waals surface area contributed by atoms with E-state index in [1.807, 2.05) is 0 Å². The highest BCUT2D eigenvalue weighted by atomic mass is 16.4. The molecule has 18 heavy (non-hydrogen) atoms. The van der Waals surface area contributed by atoms with Crippen LogP contribution < -0.4 is 0 Å². The number of nitrogens with zero attached hydrogens (tertiary/aromatic N) is 1. The van der Waals surface area contributed by atoms with Crippen LogP contribution in [0, 0.1) is 0 Å². The van der Waals surface area contributed by atoms with Crippen molar-refractivity contribution in [3.05, 3.63) is 29.8 Å². The van der Waals surface area contributed by atoms with Crippen molar-refractivity contribution in [2.45, 2.75) is 25.3 Å². The molecule has 0 radical (unpaired) electrons. The van der Waals surface area contributed by atoms with Gasteiger partial charge in [-0.15, -0.1) is 0 Å². The Morgan fingerprint density at radius 1 is 1.28 bits per heavy atom. The fourth-order valence-electron chi connectivity index (χ4n) is 1.86. The number of carboxylic acid groups (broad SMARTS) is 1. The first-order valence-electron chi connectivity index (χ1n) is 5.90. The topological polar surface area (TPSA) is 77.8 Å². The van der Waals surface area contributed by atoms with Gasteiger partial charge in [0, 0.05) is 12.6 Å².